The van der Waals surface area contributed by atoms with Crippen molar-refractivity contribution in [3.05, 3.63) is 33.9 Å². The number of nitro benzene ring substituents is 1. The van der Waals surface area contributed by atoms with Gasteiger partial charge in [-0.25, -0.2) is 0 Å². The maximum atomic E-state index is 10.9. The minimum absolute atomic E-state index is 0.00815. The van der Waals surface area contributed by atoms with Crippen LogP contribution >= 0.6 is 11.8 Å². The van der Waals surface area contributed by atoms with E-state index < -0.39 is 4.92 Å². The van der Waals surface area contributed by atoms with Gasteiger partial charge in [-0.05, 0) is 24.6 Å². The predicted molar refractivity (Wildman–Crippen MR) is 87.3 cm³/mol. The van der Waals surface area contributed by atoms with Crippen molar-refractivity contribution in [2.24, 2.45) is 5.84 Å². The summed E-state index contributed by atoms with van der Waals surface area (Å²) in [6.07, 6.45) is 1.15. The summed E-state index contributed by atoms with van der Waals surface area (Å²) in [5, 5.41) is 10.9. The van der Waals surface area contributed by atoms with E-state index in [0.29, 0.717) is 10.4 Å². The molecular weight excluding hydrogens is 288 g/mol. The van der Waals surface area contributed by atoms with Crippen LogP contribution in [0.1, 0.15) is 25.8 Å². The molecule has 0 unspecified atom stereocenters. The maximum absolute atomic E-state index is 10.9. The molecule has 116 valence electrons. The van der Waals surface area contributed by atoms with E-state index >= 15 is 0 Å². The molecule has 1 heterocycles. The predicted octanol–water partition coefficient (Wildman–Crippen LogP) is 2.60. The molecule has 1 saturated heterocycles. The van der Waals surface area contributed by atoms with Crippen molar-refractivity contribution in [1.82, 2.24) is 4.90 Å². The van der Waals surface area contributed by atoms with Gasteiger partial charge in [0.05, 0.1) is 4.92 Å². The van der Waals surface area contributed by atoms with Gasteiger partial charge in [-0.15, -0.1) is 0 Å². The molecule has 1 aliphatic rings. The minimum atomic E-state index is -0.427. The molecule has 1 aromatic carbocycles. The van der Waals surface area contributed by atoms with Gasteiger partial charge in [0.2, 0.25) is 0 Å². The van der Waals surface area contributed by atoms with Gasteiger partial charge in [0, 0.05) is 29.7 Å². The highest BCUT2D eigenvalue weighted by Crippen LogP contribution is 2.31. The molecule has 2 rings (SSSR count). The molecule has 6 nitrogen and oxygen atoms in total. The molecule has 0 spiro atoms. The number of hydrogen-bond acceptors (Lipinski definition) is 6. The van der Waals surface area contributed by atoms with Crippen LogP contribution < -0.4 is 11.3 Å². The first-order chi connectivity index (χ1) is 9.91. The van der Waals surface area contributed by atoms with Crippen molar-refractivity contribution in [3.63, 3.8) is 0 Å². The second-order valence-corrected chi connectivity index (χ2v) is 7.69. The molecule has 1 aromatic rings. The third-order valence-corrected chi connectivity index (χ3v) is 5.12. The fraction of sp³-hybridized carbons (Fsp3) is 0.571. The zero-order chi connectivity index (χ0) is 15.5. The van der Waals surface area contributed by atoms with E-state index in [-0.39, 0.29) is 5.69 Å². The summed E-state index contributed by atoms with van der Waals surface area (Å²) in [6, 6.07) is 5.09. The number of nitrogen functional groups attached to an aromatic ring is 1. The van der Waals surface area contributed by atoms with Crippen molar-refractivity contribution in [1.29, 1.82) is 0 Å². The number of nitrogens with two attached hydrogens (primary N) is 1. The number of rotatable bonds is 4. The molecular formula is C14H22N4O2S. The average molecular weight is 310 g/mol. The standard InChI is InChI=1S/C14H22N4O2S/c1-14(2)5-6-17(7-8-21-14)10-11-3-4-13(18(19)20)12(9-11)16-15/h3-4,9,16H,5-8,10,15H2,1-2H3. The number of thioether (sulfide) groups is 1. The second-order valence-electron chi connectivity index (χ2n) is 5.89. The lowest BCUT2D eigenvalue weighted by molar-refractivity contribution is -0.384. The first-order valence-electron chi connectivity index (χ1n) is 7.01. The summed E-state index contributed by atoms with van der Waals surface area (Å²) in [6.45, 7) is 7.44. The first-order valence-corrected chi connectivity index (χ1v) is 8.00. The van der Waals surface area contributed by atoms with Gasteiger partial charge in [0.15, 0.2) is 0 Å². The van der Waals surface area contributed by atoms with Crippen molar-refractivity contribution < 1.29 is 4.92 Å². The number of hydrogen-bond donors (Lipinski definition) is 2. The van der Waals surface area contributed by atoms with Crippen LogP contribution in [0.15, 0.2) is 18.2 Å². The van der Waals surface area contributed by atoms with E-state index in [1.165, 1.54) is 6.07 Å². The van der Waals surface area contributed by atoms with Crippen molar-refractivity contribution >= 4 is 23.1 Å². The van der Waals surface area contributed by atoms with Crippen LogP contribution in [0.3, 0.4) is 0 Å². The largest absolute Gasteiger partial charge is 0.318 e. The van der Waals surface area contributed by atoms with E-state index in [4.69, 9.17) is 5.84 Å². The number of nitrogens with zero attached hydrogens (tertiary/aromatic N) is 2. The molecule has 3 N–H and O–H groups in total. The zero-order valence-electron chi connectivity index (χ0n) is 12.5. The van der Waals surface area contributed by atoms with Gasteiger partial charge in [-0.3, -0.25) is 20.9 Å². The molecule has 1 aliphatic heterocycles. The van der Waals surface area contributed by atoms with Crippen molar-refractivity contribution in [2.75, 3.05) is 24.3 Å². The van der Waals surface area contributed by atoms with E-state index in [2.05, 4.69) is 24.2 Å². The third-order valence-electron chi connectivity index (χ3n) is 3.75. The molecule has 0 bridgehead atoms. The Labute approximate surface area is 129 Å². The summed E-state index contributed by atoms with van der Waals surface area (Å²) in [7, 11) is 0. The van der Waals surface area contributed by atoms with Crippen molar-refractivity contribution in [3.8, 4) is 0 Å². The van der Waals surface area contributed by atoms with Crippen LogP contribution in [0.2, 0.25) is 0 Å². The van der Waals surface area contributed by atoms with Gasteiger partial charge in [0.1, 0.15) is 5.69 Å². The highest BCUT2D eigenvalue weighted by Gasteiger charge is 2.24. The number of anilines is 1. The second kappa shape index (κ2) is 6.64. The summed E-state index contributed by atoms with van der Waals surface area (Å²) in [4.78, 5) is 12.9. The first kappa shape index (κ1) is 16.1. The van der Waals surface area contributed by atoms with Crippen LogP contribution in [0.5, 0.6) is 0 Å². The van der Waals surface area contributed by atoms with Crippen LogP contribution in [0, 0.1) is 10.1 Å². The lowest BCUT2D eigenvalue weighted by Gasteiger charge is -2.22. The molecule has 0 radical (unpaired) electrons. The normalized spacial score (nSPS) is 19.0. The maximum Gasteiger partial charge on any atom is 0.293 e. The van der Waals surface area contributed by atoms with Gasteiger partial charge >= 0.3 is 0 Å². The SMILES string of the molecule is CC1(C)CCN(Cc2ccc([N+](=O)[O-])c(NN)c2)CCS1. The topological polar surface area (TPSA) is 84.4 Å². The highest BCUT2D eigenvalue weighted by molar-refractivity contribution is 8.00. The van der Waals surface area contributed by atoms with Crippen LogP contribution in [-0.4, -0.2) is 33.4 Å². The van der Waals surface area contributed by atoms with E-state index in [1.807, 2.05) is 17.8 Å². The summed E-state index contributed by atoms with van der Waals surface area (Å²) < 4.78 is 0.328. The zero-order valence-corrected chi connectivity index (χ0v) is 13.3. The molecule has 0 amide bonds. The van der Waals surface area contributed by atoms with Crippen LogP contribution in [0.25, 0.3) is 0 Å². The van der Waals surface area contributed by atoms with Gasteiger partial charge in [0.25, 0.3) is 5.69 Å². The number of nitrogens with one attached hydrogen (secondary N) is 1. The Balaban J connectivity index is 2.07. The van der Waals surface area contributed by atoms with Gasteiger partial charge < -0.3 is 5.43 Å². The molecule has 0 aromatic heterocycles. The highest BCUT2D eigenvalue weighted by atomic mass is 32.2. The quantitative estimate of drug-likeness (QED) is 0.505. The van der Waals surface area contributed by atoms with Gasteiger partial charge in [-0.1, -0.05) is 19.9 Å². The number of hydrazine groups is 1. The fourth-order valence-corrected chi connectivity index (χ4v) is 3.57. The Bertz CT molecular complexity index is 522. The number of benzene rings is 1. The Morgan fingerprint density at radius 3 is 2.90 bits per heavy atom. The monoisotopic (exact) mass is 310 g/mol. The number of nitro groups is 1. The Morgan fingerprint density at radius 1 is 1.48 bits per heavy atom. The molecule has 1 fully saturated rings. The third kappa shape index (κ3) is 4.33. The van der Waals surface area contributed by atoms with E-state index in [0.717, 1.165) is 37.4 Å². The molecule has 0 atom stereocenters. The fourth-order valence-electron chi connectivity index (χ4n) is 2.44. The Kier molecular flexibility index (Phi) is 5.08. The van der Waals surface area contributed by atoms with Gasteiger partial charge in [-0.2, -0.15) is 11.8 Å². The van der Waals surface area contributed by atoms with Crippen LogP contribution in [-0.2, 0) is 6.54 Å². The lowest BCUT2D eigenvalue weighted by Crippen LogP contribution is -2.26. The van der Waals surface area contributed by atoms with E-state index in [9.17, 15) is 10.1 Å². The smallest absolute Gasteiger partial charge is 0.293 e. The van der Waals surface area contributed by atoms with Crippen molar-refractivity contribution in [2.45, 2.75) is 31.6 Å². The summed E-state index contributed by atoms with van der Waals surface area (Å²) in [5.41, 5.74) is 3.83. The molecule has 0 saturated carbocycles. The Hall–Kier alpha value is -1.31. The molecule has 7 heteroatoms. The average Bonchev–Trinajstić information content (AvgIpc) is 2.60. The van der Waals surface area contributed by atoms with E-state index in [1.54, 1.807) is 6.07 Å². The molecule has 21 heavy (non-hydrogen) atoms. The molecule has 0 aliphatic carbocycles. The van der Waals surface area contributed by atoms with Crippen LogP contribution in [0.4, 0.5) is 11.4 Å². The summed E-state index contributed by atoms with van der Waals surface area (Å²) in [5.74, 6) is 6.49. The minimum Gasteiger partial charge on any atom is -0.318 e. The lowest BCUT2D eigenvalue weighted by atomic mass is 10.1. The Morgan fingerprint density at radius 2 is 2.24 bits per heavy atom. The summed E-state index contributed by atoms with van der Waals surface area (Å²) >= 11 is 2.01.